The summed E-state index contributed by atoms with van der Waals surface area (Å²) >= 11 is 4.22. The molecule has 0 radical (unpaired) electrons. The van der Waals surface area contributed by atoms with E-state index in [1.54, 1.807) is 0 Å². The van der Waals surface area contributed by atoms with Gasteiger partial charge in [-0.2, -0.15) is 12.6 Å². The summed E-state index contributed by atoms with van der Waals surface area (Å²) in [4.78, 5) is 23.3. The van der Waals surface area contributed by atoms with Gasteiger partial charge in [-0.15, -0.1) is 0 Å². The predicted molar refractivity (Wildman–Crippen MR) is 127 cm³/mol. The van der Waals surface area contributed by atoms with E-state index in [2.05, 4.69) is 17.9 Å². The van der Waals surface area contributed by atoms with Crippen LogP contribution in [0, 0.1) is 0 Å². The van der Waals surface area contributed by atoms with Crippen molar-refractivity contribution in [3.05, 3.63) is 35.9 Å². The van der Waals surface area contributed by atoms with Crippen LogP contribution in [-0.4, -0.2) is 55.2 Å². The number of carbonyl (C=O) groups excluding carboxylic acids is 1. The van der Waals surface area contributed by atoms with E-state index < -0.39 is 17.9 Å². The van der Waals surface area contributed by atoms with Crippen molar-refractivity contribution >= 4 is 24.5 Å². The molecular formula is C24H39NO5S. The predicted octanol–water partition coefficient (Wildman–Crippen LogP) is 4.27. The first-order chi connectivity index (χ1) is 15.1. The van der Waals surface area contributed by atoms with E-state index in [-0.39, 0.29) is 13.0 Å². The minimum atomic E-state index is -1.06. The Morgan fingerprint density at radius 1 is 0.839 bits per heavy atom. The van der Waals surface area contributed by atoms with E-state index >= 15 is 0 Å². The van der Waals surface area contributed by atoms with Gasteiger partial charge >= 0.3 is 5.97 Å². The first kappa shape index (κ1) is 27.5. The number of ether oxygens (including phenoxy) is 2. The van der Waals surface area contributed by atoms with Crippen molar-refractivity contribution in [2.45, 2.75) is 70.3 Å². The number of unbranched alkanes of at least 4 members (excludes halogenated alkanes) is 8. The molecule has 0 heterocycles. The third-order valence-corrected chi connectivity index (χ3v) is 5.28. The third-order valence-electron chi connectivity index (χ3n) is 4.97. The molecule has 0 saturated heterocycles. The van der Waals surface area contributed by atoms with E-state index in [0.29, 0.717) is 19.8 Å². The van der Waals surface area contributed by atoms with Crippen LogP contribution in [-0.2, 0) is 25.5 Å². The summed E-state index contributed by atoms with van der Waals surface area (Å²) in [5.41, 5.74) is 0.855. The van der Waals surface area contributed by atoms with E-state index in [0.717, 1.165) is 17.7 Å². The average Bonchev–Trinajstić information content (AvgIpc) is 2.76. The molecule has 1 aromatic rings. The lowest BCUT2D eigenvalue weighted by atomic mass is 10.1. The van der Waals surface area contributed by atoms with Crippen LogP contribution >= 0.6 is 12.6 Å². The number of hydrogen-bond acceptors (Lipinski definition) is 5. The number of nitrogens with one attached hydrogen (secondary N) is 1. The van der Waals surface area contributed by atoms with Crippen molar-refractivity contribution in [1.82, 2.24) is 5.32 Å². The molecule has 2 N–H and O–H groups in total. The number of carboxylic acid groups (broad SMARTS) is 1. The molecule has 6 nitrogen and oxygen atoms in total. The lowest BCUT2D eigenvalue weighted by Gasteiger charge is -2.14. The van der Waals surface area contributed by atoms with Gasteiger partial charge in [0.15, 0.2) is 0 Å². The fourth-order valence-electron chi connectivity index (χ4n) is 3.22. The number of amides is 1. The van der Waals surface area contributed by atoms with E-state index in [4.69, 9.17) is 9.47 Å². The topological polar surface area (TPSA) is 84.9 Å². The Hall–Kier alpha value is -1.57. The van der Waals surface area contributed by atoms with Crippen molar-refractivity contribution in [3.8, 4) is 0 Å². The summed E-state index contributed by atoms with van der Waals surface area (Å²) in [6.45, 7) is 1.28. The molecule has 0 saturated carbocycles. The Morgan fingerprint density at radius 2 is 1.42 bits per heavy atom. The smallest absolute Gasteiger partial charge is 0.326 e. The van der Waals surface area contributed by atoms with Gasteiger partial charge in [-0.25, -0.2) is 4.79 Å². The molecule has 31 heavy (non-hydrogen) atoms. The highest BCUT2D eigenvalue weighted by atomic mass is 32.1. The summed E-state index contributed by atoms with van der Waals surface area (Å²) < 4.78 is 10.8. The maximum Gasteiger partial charge on any atom is 0.326 e. The van der Waals surface area contributed by atoms with Gasteiger partial charge in [-0.1, -0.05) is 75.3 Å². The first-order valence-electron chi connectivity index (χ1n) is 11.5. The van der Waals surface area contributed by atoms with Crippen molar-refractivity contribution in [3.63, 3.8) is 0 Å². The maximum atomic E-state index is 11.9. The quantitative estimate of drug-likeness (QED) is 0.203. The largest absolute Gasteiger partial charge is 0.480 e. The number of aliphatic carboxylic acids is 1. The van der Waals surface area contributed by atoms with Crippen LogP contribution in [0.4, 0.5) is 0 Å². The number of carbonyl (C=O) groups is 2. The van der Waals surface area contributed by atoms with Gasteiger partial charge in [0.2, 0.25) is 5.91 Å². The molecule has 1 atom stereocenters. The Balaban J connectivity index is 1.95. The summed E-state index contributed by atoms with van der Waals surface area (Å²) in [5, 5.41) is 11.8. The Kier molecular flexibility index (Phi) is 17.0. The zero-order valence-corrected chi connectivity index (χ0v) is 19.5. The Morgan fingerprint density at radius 3 is 2.03 bits per heavy atom. The van der Waals surface area contributed by atoms with Crippen LogP contribution in [0.1, 0.15) is 63.4 Å². The van der Waals surface area contributed by atoms with E-state index in [1.165, 1.54) is 51.4 Å². The van der Waals surface area contributed by atoms with Crippen molar-refractivity contribution in [1.29, 1.82) is 0 Å². The summed E-state index contributed by atoms with van der Waals surface area (Å²) in [6, 6.07) is 8.24. The van der Waals surface area contributed by atoms with Crippen LogP contribution in [0.25, 0.3) is 0 Å². The SMILES string of the molecule is O=C(COCCOCCCCCCCCCCCS)N[C@@H](Cc1ccccc1)C(=O)O. The fourth-order valence-corrected chi connectivity index (χ4v) is 3.45. The molecule has 0 fully saturated rings. The average molecular weight is 454 g/mol. The lowest BCUT2D eigenvalue weighted by molar-refractivity contribution is -0.142. The Labute approximate surface area is 192 Å². The third kappa shape index (κ3) is 15.8. The molecule has 176 valence electrons. The molecule has 1 amide bonds. The molecule has 0 spiro atoms. The highest BCUT2D eigenvalue weighted by Gasteiger charge is 2.20. The highest BCUT2D eigenvalue weighted by molar-refractivity contribution is 7.80. The van der Waals surface area contributed by atoms with Gasteiger partial charge in [0.25, 0.3) is 0 Å². The zero-order valence-electron chi connectivity index (χ0n) is 18.6. The van der Waals surface area contributed by atoms with E-state index in [1.807, 2.05) is 30.3 Å². The maximum absolute atomic E-state index is 11.9. The van der Waals surface area contributed by atoms with Crippen molar-refractivity contribution in [2.75, 3.05) is 32.2 Å². The second-order valence-corrected chi connectivity index (χ2v) is 8.17. The molecule has 7 heteroatoms. The lowest BCUT2D eigenvalue weighted by Crippen LogP contribution is -2.44. The molecule has 0 bridgehead atoms. The molecular weight excluding hydrogens is 414 g/mol. The summed E-state index contributed by atoms with van der Waals surface area (Å²) in [6.07, 6.45) is 11.5. The molecule has 0 unspecified atom stereocenters. The number of benzene rings is 1. The Bertz CT molecular complexity index is 585. The highest BCUT2D eigenvalue weighted by Crippen LogP contribution is 2.10. The summed E-state index contributed by atoms with van der Waals surface area (Å²) in [7, 11) is 0. The van der Waals surface area contributed by atoms with Gasteiger partial charge in [-0.05, 0) is 24.2 Å². The number of thiol groups is 1. The van der Waals surface area contributed by atoms with Gasteiger partial charge in [0, 0.05) is 13.0 Å². The van der Waals surface area contributed by atoms with Crippen molar-refractivity contribution in [2.24, 2.45) is 0 Å². The summed E-state index contributed by atoms with van der Waals surface area (Å²) in [5.74, 6) is -0.499. The van der Waals surface area contributed by atoms with Gasteiger partial charge in [0.05, 0.1) is 13.2 Å². The van der Waals surface area contributed by atoms with Crippen LogP contribution in [0.5, 0.6) is 0 Å². The number of hydrogen-bond donors (Lipinski definition) is 3. The second-order valence-electron chi connectivity index (χ2n) is 7.72. The number of carboxylic acids is 1. The fraction of sp³-hybridized carbons (Fsp3) is 0.667. The molecule has 0 aromatic heterocycles. The van der Waals surface area contributed by atoms with Gasteiger partial charge < -0.3 is 19.9 Å². The molecule has 1 rings (SSSR count). The zero-order chi connectivity index (χ0) is 22.6. The molecule has 0 aliphatic heterocycles. The number of rotatable bonds is 20. The second kappa shape index (κ2) is 19.1. The molecule has 1 aromatic carbocycles. The monoisotopic (exact) mass is 453 g/mol. The van der Waals surface area contributed by atoms with Crippen LogP contribution in [0.2, 0.25) is 0 Å². The van der Waals surface area contributed by atoms with Crippen LogP contribution in [0.15, 0.2) is 30.3 Å². The normalized spacial score (nSPS) is 11.9. The standard InChI is InChI=1S/C24H39NO5S/c26-23(25-22(24(27)28)19-21-13-9-8-10-14-21)20-30-17-16-29-15-11-6-4-2-1-3-5-7-12-18-31/h8-10,13-14,22,31H,1-7,11-12,15-20H2,(H,25,26)(H,27,28)/t22-/m0/s1. The van der Waals surface area contributed by atoms with Crippen molar-refractivity contribution < 1.29 is 24.2 Å². The van der Waals surface area contributed by atoms with Crippen LogP contribution in [0.3, 0.4) is 0 Å². The van der Waals surface area contributed by atoms with Crippen LogP contribution < -0.4 is 5.32 Å². The minimum absolute atomic E-state index is 0.171. The minimum Gasteiger partial charge on any atom is -0.480 e. The molecule has 0 aliphatic rings. The first-order valence-corrected chi connectivity index (χ1v) is 12.1. The van der Waals surface area contributed by atoms with Gasteiger partial charge in [-0.3, -0.25) is 4.79 Å². The van der Waals surface area contributed by atoms with Gasteiger partial charge in [0.1, 0.15) is 12.6 Å². The van der Waals surface area contributed by atoms with E-state index in [9.17, 15) is 14.7 Å². The molecule has 0 aliphatic carbocycles.